The van der Waals surface area contributed by atoms with Gasteiger partial charge in [-0.05, 0) is 56.0 Å². The molecule has 1 aliphatic heterocycles. The quantitative estimate of drug-likeness (QED) is 0.736. The van der Waals surface area contributed by atoms with E-state index in [0.29, 0.717) is 0 Å². The molecule has 4 heteroatoms. The van der Waals surface area contributed by atoms with Crippen molar-refractivity contribution >= 4 is 5.65 Å². The van der Waals surface area contributed by atoms with Gasteiger partial charge >= 0.3 is 0 Å². The highest BCUT2D eigenvalue weighted by Crippen LogP contribution is 2.22. The van der Waals surface area contributed by atoms with E-state index in [-0.39, 0.29) is 5.56 Å². The van der Waals surface area contributed by atoms with Gasteiger partial charge in [-0.1, -0.05) is 36.4 Å². The SMILES string of the molecule is O=c1cc(CN2CCC(Cc3ccccc3)CC2)nc2ccccn12. The zero-order chi connectivity index (χ0) is 17.1. The molecule has 3 aromatic rings. The van der Waals surface area contributed by atoms with Crippen molar-refractivity contribution in [3.05, 3.63) is 82.4 Å². The molecule has 0 spiro atoms. The van der Waals surface area contributed by atoms with Crippen LogP contribution in [-0.2, 0) is 13.0 Å². The third-order valence-corrected chi connectivity index (χ3v) is 5.08. The number of aromatic nitrogens is 2. The van der Waals surface area contributed by atoms with Crippen molar-refractivity contribution in [1.82, 2.24) is 14.3 Å². The van der Waals surface area contributed by atoms with Gasteiger partial charge in [0, 0.05) is 18.8 Å². The molecule has 128 valence electrons. The minimum Gasteiger partial charge on any atom is -0.297 e. The van der Waals surface area contributed by atoms with Crippen LogP contribution in [-0.4, -0.2) is 27.4 Å². The Hall–Kier alpha value is -2.46. The number of pyridine rings is 1. The molecular weight excluding hydrogens is 310 g/mol. The third-order valence-electron chi connectivity index (χ3n) is 5.08. The van der Waals surface area contributed by atoms with Gasteiger partial charge in [-0.3, -0.25) is 14.1 Å². The van der Waals surface area contributed by atoms with Crippen LogP contribution in [0.4, 0.5) is 0 Å². The predicted molar refractivity (Wildman–Crippen MR) is 99.6 cm³/mol. The minimum atomic E-state index is -0.000404. The van der Waals surface area contributed by atoms with Gasteiger partial charge in [0.25, 0.3) is 5.56 Å². The summed E-state index contributed by atoms with van der Waals surface area (Å²) in [4.78, 5) is 19.3. The molecule has 1 aromatic carbocycles. The fourth-order valence-electron chi connectivity index (χ4n) is 3.71. The van der Waals surface area contributed by atoms with Crippen LogP contribution in [0.25, 0.3) is 5.65 Å². The van der Waals surface area contributed by atoms with Gasteiger partial charge in [0.2, 0.25) is 0 Å². The first kappa shape index (κ1) is 16.0. The van der Waals surface area contributed by atoms with E-state index >= 15 is 0 Å². The Kier molecular flexibility index (Phi) is 4.61. The maximum atomic E-state index is 12.2. The Morgan fingerprint density at radius 1 is 1.00 bits per heavy atom. The van der Waals surface area contributed by atoms with E-state index < -0.39 is 0 Å². The molecule has 0 bridgehead atoms. The zero-order valence-electron chi connectivity index (χ0n) is 14.3. The van der Waals surface area contributed by atoms with E-state index in [4.69, 9.17) is 0 Å². The van der Waals surface area contributed by atoms with Crippen LogP contribution in [0.3, 0.4) is 0 Å². The lowest BCUT2D eigenvalue weighted by Crippen LogP contribution is -2.34. The van der Waals surface area contributed by atoms with E-state index in [2.05, 4.69) is 40.2 Å². The molecule has 2 aromatic heterocycles. The topological polar surface area (TPSA) is 37.6 Å². The molecule has 0 unspecified atom stereocenters. The summed E-state index contributed by atoms with van der Waals surface area (Å²) in [5, 5.41) is 0. The van der Waals surface area contributed by atoms with Crippen LogP contribution in [0, 0.1) is 5.92 Å². The standard InChI is InChI=1S/C21H23N3O/c25-21-15-19(22-20-8-4-5-11-24(20)21)16-23-12-9-18(10-13-23)14-17-6-2-1-3-7-17/h1-8,11,15,18H,9-10,12-14,16H2. The highest BCUT2D eigenvalue weighted by Gasteiger charge is 2.20. The molecule has 0 saturated carbocycles. The largest absolute Gasteiger partial charge is 0.297 e. The summed E-state index contributed by atoms with van der Waals surface area (Å²) in [5.41, 5.74) is 3.03. The van der Waals surface area contributed by atoms with E-state index in [1.54, 1.807) is 16.7 Å². The second-order valence-electron chi connectivity index (χ2n) is 6.92. The molecule has 0 aliphatic carbocycles. The van der Waals surface area contributed by atoms with E-state index in [9.17, 15) is 4.79 Å². The minimum absolute atomic E-state index is 0.000404. The highest BCUT2D eigenvalue weighted by molar-refractivity contribution is 5.38. The smallest absolute Gasteiger partial charge is 0.258 e. The summed E-state index contributed by atoms with van der Waals surface area (Å²) < 4.78 is 1.59. The van der Waals surface area contributed by atoms with Crippen molar-refractivity contribution in [2.24, 2.45) is 5.92 Å². The molecule has 3 heterocycles. The summed E-state index contributed by atoms with van der Waals surface area (Å²) in [6.07, 6.45) is 5.36. The first-order valence-electron chi connectivity index (χ1n) is 9.01. The van der Waals surface area contributed by atoms with Crippen LogP contribution in [0.2, 0.25) is 0 Å². The van der Waals surface area contributed by atoms with Gasteiger partial charge in [0.1, 0.15) is 5.65 Å². The van der Waals surface area contributed by atoms with Gasteiger partial charge < -0.3 is 0 Å². The Labute approximate surface area is 147 Å². The van der Waals surface area contributed by atoms with Gasteiger partial charge in [0.05, 0.1) is 5.69 Å². The Morgan fingerprint density at radius 3 is 2.56 bits per heavy atom. The summed E-state index contributed by atoms with van der Waals surface area (Å²) in [6, 6.07) is 18.1. The predicted octanol–water partition coefficient (Wildman–Crippen LogP) is 3.15. The van der Waals surface area contributed by atoms with Gasteiger partial charge in [-0.25, -0.2) is 4.98 Å². The molecule has 0 radical (unpaired) electrons. The van der Waals surface area contributed by atoms with Crippen molar-refractivity contribution < 1.29 is 0 Å². The lowest BCUT2D eigenvalue weighted by atomic mass is 9.90. The number of hydrogen-bond acceptors (Lipinski definition) is 3. The number of nitrogens with zero attached hydrogens (tertiary/aromatic N) is 3. The molecule has 1 fully saturated rings. The lowest BCUT2D eigenvalue weighted by molar-refractivity contribution is 0.175. The van der Waals surface area contributed by atoms with E-state index in [1.165, 1.54) is 24.8 Å². The number of hydrogen-bond donors (Lipinski definition) is 0. The number of piperidine rings is 1. The molecule has 4 nitrogen and oxygen atoms in total. The first-order valence-corrected chi connectivity index (χ1v) is 9.01. The summed E-state index contributed by atoms with van der Waals surface area (Å²) in [5.74, 6) is 0.758. The van der Waals surface area contributed by atoms with Crippen LogP contribution in [0.15, 0.2) is 65.6 Å². The zero-order valence-corrected chi connectivity index (χ0v) is 14.3. The van der Waals surface area contributed by atoms with Crippen LogP contribution in [0.1, 0.15) is 24.1 Å². The van der Waals surface area contributed by atoms with Crippen molar-refractivity contribution in [2.75, 3.05) is 13.1 Å². The lowest BCUT2D eigenvalue weighted by Gasteiger charge is -2.31. The Bertz CT molecular complexity index is 896. The molecule has 1 aliphatic rings. The molecule has 0 atom stereocenters. The van der Waals surface area contributed by atoms with E-state index in [1.807, 2.05) is 18.2 Å². The molecule has 4 rings (SSSR count). The first-order chi connectivity index (χ1) is 12.3. The maximum absolute atomic E-state index is 12.2. The number of likely N-dealkylation sites (tertiary alicyclic amines) is 1. The highest BCUT2D eigenvalue weighted by atomic mass is 16.1. The van der Waals surface area contributed by atoms with Crippen molar-refractivity contribution in [3.63, 3.8) is 0 Å². The van der Waals surface area contributed by atoms with Gasteiger partial charge in [-0.15, -0.1) is 0 Å². The molecule has 0 amide bonds. The Balaban J connectivity index is 1.38. The maximum Gasteiger partial charge on any atom is 0.258 e. The average molecular weight is 333 g/mol. The Morgan fingerprint density at radius 2 is 1.76 bits per heavy atom. The second kappa shape index (κ2) is 7.19. The van der Waals surface area contributed by atoms with Gasteiger partial charge in [0.15, 0.2) is 0 Å². The molecule has 1 saturated heterocycles. The normalized spacial score (nSPS) is 16.3. The van der Waals surface area contributed by atoms with Crippen molar-refractivity contribution in [3.8, 4) is 0 Å². The summed E-state index contributed by atoms with van der Waals surface area (Å²) >= 11 is 0. The van der Waals surface area contributed by atoms with Crippen LogP contribution in [0.5, 0.6) is 0 Å². The molecular formula is C21H23N3O. The number of benzene rings is 1. The van der Waals surface area contributed by atoms with Crippen molar-refractivity contribution in [1.29, 1.82) is 0 Å². The molecule has 0 N–H and O–H groups in total. The summed E-state index contributed by atoms with van der Waals surface area (Å²) in [7, 11) is 0. The van der Waals surface area contributed by atoms with Crippen molar-refractivity contribution in [2.45, 2.75) is 25.8 Å². The average Bonchev–Trinajstić information content (AvgIpc) is 2.64. The fraction of sp³-hybridized carbons (Fsp3) is 0.333. The van der Waals surface area contributed by atoms with Crippen LogP contribution >= 0.6 is 0 Å². The second-order valence-corrected chi connectivity index (χ2v) is 6.92. The van der Waals surface area contributed by atoms with E-state index in [0.717, 1.165) is 36.9 Å². The number of rotatable bonds is 4. The van der Waals surface area contributed by atoms with Crippen LogP contribution < -0.4 is 5.56 Å². The van der Waals surface area contributed by atoms with Gasteiger partial charge in [-0.2, -0.15) is 0 Å². The third kappa shape index (κ3) is 3.80. The molecule has 25 heavy (non-hydrogen) atoms. The number of fused-ring (bicyclic) bond motifs is 1. The fourth-order valence-corrected chi connectivity index (χ4v) is 3.71. The summed E-state index contributed by atoms with van der Waals surface area (Å²) in [6.45, 7) is 2.92. The monoisotopic (exact) mass is 333 g/mol.